The van der Waals surface area contributed by atoms with Crippen molar-refractivity contribution >= 4 is 30.9 Å². The topological polar surface area (TPSA) is 137 Å². The Morgan fingerprint density at radius 2 is 1.91 bits per heavy atom. The summed E-state index contributed by atoms with van der Waals surface area (Å²) >= 11 is 0. The van der Waals surface area contributed by atoms with Crippen molar-refractivity contribution < 1.29 is 51.8 Å². The molecule has 2 N–H and O–H groups in total. The first-order valence-corrected chi connectivity index (χ1v) is 9.64. The van der Waals surface area contributed by atoms with Gasteiger partial charge in [-0.1, -0.05) is 19.1 Å². The van der Waals surface area contributed by atoms with Crippen LogP contribution in [0, 0.1) is 0 Å². The predicted octanol–water partition coefficient (Wildman–Crippen LogP) is 0.782. The molecule has 1 aromatic carbocycles. The number of esters is 3. The highest BCUT2D eigenvalue weighted by Gasteiger charge is 2.43. The molecule has 0 spiro atoms. The molecule has 1 aromatic rings. The number of methoxy groups -OCH3 is 1. The lowest BCUT2D eigenvalue weighted by atomic mass is 9.72. The van der Waals surface area contributed by atoms with Crippen LogP contribution in [0.25, 0.3) is 0 Å². The Morgan fingerprint density at radius 1 is 1.22 bits per heavy atom. The van der Waals surface area contributed by atoms with Crippen LogP contribution in [0.2, 0.25) is 0 Å². The van der Waals surface area contributed by atoms with E-state index in [0.717, 1.165) is 6.92 Å². The fraction of sp³-hybridized carbons (Fsp3) is 0.474. The van der Waals surface area contributed by atoms with Crippen molar-refractivity contribution in [3.8, 4) is 5.75 Å². The molecule has 0 fully saturated rings. The lowest BCUT2D eigenvalue weighted by Gasteiger charge is -2.30. The monoisotopic (exact) mass is 457 g/mol. The number of rotatable bonds is 9. The van der Waals surface area contributed by atoms with Crippen molar-refractivity contribution in [1.82, 2.24) is 5.32 Å². The normalized spacial score (nSPS) is 15.2. The summed E-state index contributed by atoms with van der Waals surface area (Å²) in [5, 5.41) is 12.2. The van der Waals surface area contributed by atoms with E-state index in [2.05, 4.69) is 4.74 Å². The van der Waals surface area contributed by atoms with Crippen LogP contribution in [0.4, 0.5) is 8.78 Å². The molecule has 1 heterocycles. The summed E-state index contributed by atoms with van der Waals surface area (Å²) in [5.74, 6) is -8.66. The van der Waals surface area contributed by atoms with Crippen molar-refractivity contribution in [1.29, 1.82) is 0 Å². The van der Waals surface area contributed by atoms with E-state index in [0.29, 0.717) is 5.56 Å². The van der Waals surface area contributed by atoms with E-state index in [1.165, 1.54) is 25.3 Å². The molecular weight excluding hydrogens is 435 g/mol. The second-order valence-corrected chi connectivity index (χ2v) is 6.79. The minimum absolute atomic E-state index is 0.0465. The maximum Gasteiger partial charge on any atom is 0.547 e. The zero-order valence-electron chi connectivity index (χ0n) is 17.4. The summed E-state index contributed by atoms with van der Waals surface area (Å²) in [5.41, 5.74) is 0.265. The van der Waals surface area contributed by atoms with Crippen LogP contribution in [-0.2, 0) is 35.0 Å². The molecule has 0 aliphatic carbocycles. The highest BCUT2D eigenvalue weighted by Crippen LogP contribution is 2.31. The van der Waals surface area contributed by atoms with E-state index in [-0.39, 0.29) is 30.6 Å². The van der Waals surface area contributed by atoms with Crippen LogP contribution < -0.4 is 9.97 Å². The molecule has 0 bridgehead atoms. The Labute approximate surface area is 182 Å². The largest absolute Gasteiger partial charge is 0.547 e. The van der Waals surface area contributed by atoms with Crippen molar-refractivity contribution in [2.75, 3.05) is 13.9 Å². The van der Waals surface area contributed by atoms with E-state index >= 15 is 0 Å². The van der Waals surface area contributed by atoms with Gasteiger partial charge >= 0.3 is 30.9 Å². The molecule has 1 atom stereocenters. The number of carbonyl (C=O) groups excluding carboxylic acids is 4. The Balaban J connectivity index is 1.98. The summed E-state index contributed by atoms with van der Waals surface area (Å²) in [7, 11) is -0.518. The maximum atomic E-state index is 13.5. The number of halogens is 2. The molecule has 0 unspecified atom stereocenters. The number of hydrogen-bond donors (Lipinski definition) is 2. The fourth-order valence-corrected chi connectivity index (χ4v) is 2.75. The number of nitrogens with one attached hydrogen (secondary N) is 1. The number of alkyl halides is 2. The first-order valence-electron chi connectivity index (χ1n) is 9.64. The summed E-state index contributed by atoms with van der Waals surface area (Å²) in [6, 6.07) is 4.33. The van der Waals surface area contributed by atoms with Gasteiger partial charge in [-0.15, -0.1) is 0 Å². The van der Waals surface area contributed by atoms with Crippen LogP contribution in [0.15, 0.2) is 18.2 Å². The third-order valence-corrected chi connectivity index (χ3v) is 4.60. The number of fused-ring (bicyclic) bond motifs is 1. The molecule has 1 aliphatic heterocycles. The quantitative estimate of drug-likeness (QED) is 0.313. The van der Waals surface area contributed by atoms with E-state index in [1.807, 2.05) is 5.32 Å². The molecular formula is C19H22BF2NO9. The van der Waals surface area contributed by atoms with Crippen molar-refractivity contribution in [3.05, 3.63) is 29.3 Å². The summed E-state index contributed by atoms with van der Waals surface area (Å²) in [6.45, 7) is 0.423. The molecule has 2 rings (SSSR count). The average Bonchev–Trinajstić information content (AvgIpc) is 2.77. The predicted molar refractivity (Wildman–Crippen MR) is 104 cm³/mol. The van der Waals surface area contributed by atoms with Gasteiger partial charge in [0.2, 0.25) is 6.79 Å². The van der Waals surface area contributed by atoms with E-state index in [1.54, 1.807) is 0 Å². The second kappa shape index (κ2) is 10.9. The standard InChI is InChI=1S/C19H22BF2NO9/c1-3-19(21,22)18(27)23-13-9-11-5-4-6-12(16(11)32-20(13)28)17(26)31-10-30-15(25)8-7-14(24)29-2/h4-6,13,28H,3,7-10H2,1-2H3,(H,23,27)/t13-/m0/s1. The van der Waals surface area contributed by atoms with Gasteiger partial charge < -0.3 is 29.2 Å². The Hall–Kier alpha value is -3.22. The molecule has 174 valence electrons. The van der Waals surface area contributed by atoms with Gasteiger partial charge in [-0.3, -0.25) is 14.4 Å². The number of amides is 1. The lowest BCUT2D eigenvalue weighted by Crippen LogP contribution is -2.56. The number of para-hydroxylation sites is 1. The zero-order valence-corrected chi connectivity index (χ0v) is 17.4. The second-order valence-electron chi connectivity index (χ2n) is 6.79. The highest BCUT2D eigenvalue weighted by molar-refractivity contribution is 6.47. The van der Waals surface area contributed by atoms with Crippen LogP contribution in [0.5, 0.6) is 5.75 Å². The molecule has 1 aliphatic rings. The van der Waals surface area contributed by atoms with Gasteiger partial charge in [0.25, 0.3) is 5.91 Å². The first kappa shape index (κ1) is 25.0. The van der Waals surface area contributed by atoms with E-state index in [4.69, 9.17) is 14.1 Å². The van der Waals surface area contributed by atoms with Crippen LogP contribution in [0.1, 0.15) is 42.1 Å². The zero-order chi connectivity index (χ0) is 23.9. The molecule has 0 radical (unpaired) electrons. The smallest absolute Gasteiger partial charge is 0.534 e. The number of hydrogen-bond acceptors (Lipinski definition) is 9. The molecule has 0 aromatic heterocycles. The Morgan fingerprint density at radius 3 is 2.56 bits per heavy atom. The van der Waals surface area contributed by atoms with Gasteiger partial charge in [-0.25, -0.2) is 4.79 Å². The SMILES string of the molecule is CCC(F)(F)C(=O)N[C@H]1Cc2cccc(C(=O)OCOC(=O)CCC(=O)OC)c2OB1O. The summed E-state index contributed by atoms with van der Waals surface area (Å²) in [4.78, 5) is 46.5. The third kappa shape index (κ3) is 6.39. The molecule has 10 nitrogen and oxygen atoms in total. The first-order chi connectivity index (χ1) is 15.1. The van der Waals surface area contributed by atoms with E-state index in [9.17, 15) is 33.0 Å². The minimum atomic E-state index is -3.60. The Kier molecular flexibility index (Phi) is 8.52. The number of ether oxygens (including phenoxy) is 3. The Bertz CT molecular complexity index is 880. The molecule has 0 saturated carbocycles. The average molecular weight is 457 g/mol. The minimum Gasteiger partial charge on any atom is -0.534 e. The summed E-state index contributed by atoms with van der Waals surface area (Å²) in [6.07, 6.45) is -1.23. The lowest BCUT2D eigenvalue weighted by molar-refractivity contribution is -0.155. The molecule has 32 heavy (non-hydrogen) atoms. The van der Waals surface area contributed by atoms with Gasteiger partial charge in [0.15, 0.2) is 0 Å². The van der Waals surface area contributed by atoms with Crippen LogP contribution in [0.3, 0.4) is 0 Å². The van der Waals surface area contributed by atoms with Gasteiger partial charge in [0.05, 0.1) is 25.9 Å². The van der Waals surface area contributed by atoms with Gasteiger partial charge in [-0.2, -0.15) is 8.78 Å². The van der Waals surface area contributed by atoms with Gasteiger partial charge in [0.1, 0.15) is 11.3 Å². The van der Waals surface area contributed by atoms with Crippen molar-refractivity contribution in [3.63, 3.8) is 0 Å². The van der Waals surface area contributed by atoms with Crippen LogP contribution in [-0.4, -0.2) is 61.7 Å². The van der Waals surface area contributed by atoms with E-state index < -0.39 is 56.0 Å². The van der Waals surface area contributed by atoms with Gasteiger partial charge in [-0.05, 0) is 18.1 Å². The van der Waals surface area contributed by atoms with Crippen molar-refractivity contribution in [2.24, 2.45) is 0 Å². The van der Waals surface area contributed by atoms with Crippen molar-refractivity contribution in [2.45, 2.75) is 44.5 Å². The molecule has 13 heteroatoms. The molecule has 0 saturated heterocycles. The van der Waals surface area contributed by atoms with Crippen LogP contribution >= 0.6 is 0 Å². The molecule has 1 amide bonds. The third-order valence-electron chi connectivity index (χ3n) is 4.60. The highest BCUT2D eigenvalue weighted by atomic mass is 19.3. The maximum absolute atomic E-state index is 13.5. The fourth-order valence-electron chi connectivity index (χ4n) is 2.75. The number of benzene rings is 1. The number of carbonyl (C=O) groups is 4. The van der Waals surface area contributed by atoms with Gasteiger partial charge in [0, 0.05) is 6.42 Å². The summed E-state index contributed by atoms with van der Waals surface area (Å²) < 4.78 is 46.3.